The van der Waals surface area contributed by atoms with Gasteiger partial charge >= 0.3 is 0 Å². The summed E-state index contributed by atoms with van der Waals surface area (Å²) in [6, 6.07) is 6.72. The maximum absolute atomic E-state index is 11.9. The van der Waals surface area contributed by atoms with E-state index in [-0.39, 0.29) is 18.3 Å². The van der Waals surface area contributed by atoms with Crippen molar-refractivity contribution in [3.05, 3.63) is 29.8 Å². The van der Waals surface area contributed by atoms with Crippen LogP contribution in [-0.2, 0) is 4.79 Å². The van der Waals surface area contributed by atoms with Crippen molar-refractivity contribution in [2.24, 2.45) is 16.8 Å². The minimum absolute atomic E-state index is 0.0200. The van der Waals surface area contributed by atoms with Crippen molar-refractivity contribution in [1.82, 2.24) is 4.90 Å². The maximum Gasteiger partial charge on any atom is 0.260 e. The number of hydrogen-bond donors (Lipinski definition) is 2. The highest BCUT2D eigenvalue weighted by molar-refractivity contribution is 5.97. The second kappa shape index (κ2) is 6.97. The van der Waals surface area contributed by atoms with Gasteiger partial charge in [0, 0.05) is 19.2 Å². The van der Waals surface area contributed by atoms with Crippen molar-refractivity contribution in [1.29, 1.82) is 0 Å². The molecule has 0 radical (unpaired) electrons. The van der Waals surface area contributed by atoms with E-state index >= 15 is 0 Å². The van der Waals surface area contributed by atoms with Gasteiger partial charge in [-0.2, -0.15) is 0 Å². The van der Waals surface area contributed by atoms with Gasteiger partial charge < -0.3 is 20.6 Å². The Kier molecular flexibility index (Phi) is 5.03. The molecule has 1 aromatic carbocycles. The number of carbonyl (C=O) groups is 1. The molecule has 6 heteroatoms. The standard InChI is InChI=1S/C15H21N3O3/c1-18(9-11-3-2-4-11)14(19)10-21-13-7-5-12(6-8-13)15(16)17-20/h5-8,11,20H,2-4,9-10H2,1H3,(H2,16,17). The van der Waals surface area contributed by atoms with Crippen molar-refractivity contribution in [2.75, 3.05) is 20.2 Å². The van der Waals surface area contributed by atoms with Crippen LogP contribution in [0.25, 0.3) is 0 Å². The van der Waals surface area contributed by atoms with E-state index in [4.69, 9.17) is 15.7 Å². The molecule has 0 aliphatic heterocycles. The summed E-state index contributed by atoms with van der Waals surface area (Å²) in [4.78, 5) is 13.7. The molecule has 0 spiro atoms. The summed E-state index contributed by atoms with van der Waals surface area (Å²) in [6.45, 7) is 0.830. The summed E-state index contributed by atoms with van der Waals surface area (Å²) in [5.74, 6) is 1.24. The van der Waals surface area contributed by atoms with Gasteiger partial charge in [0.2, 0.25) is 0 Å². The molecule has 1 saturated carbocycles. The first kappa shape index (κ1) is 15.2. The lowest BCUT2D eigenvalue weighted by Gasteiger charge is -2.30. The predicted molar refractivity (Wildman–Crippen MR) is 79.4 cm³/mol. The first-order valence-corrected chi connectivity index (χ1v) is 7.05. The van der Waals surface area contributed by atoms with Crippen LogP contribution in [0.3, 0.4) is 0 Å². The van der Waals surface area contributed by atoms with Crippen LogP contribution in [0.5, 0.6) is 5.75 Å². The van der Waals surface area contributed by atoms with Crippen LogP contribution in [0.15, 0.2) is 29.4 Å². The smallest absolute Gasteiger partial charge is 0.260 e. The Morgan fingerprint density at radius 3 is 2.62 bits per heavy atom. The van der Waals surface area contributed by atoms with E-state index in [1.807, 2.05) is 7.05 Å². The second-order valence-corrected chi connectivity index (χ2v) is 5.37. The Morgan fingerprint density at radius 1 is 1.43 bits per heavy atom. The molecular weight excluding hydrogens is 270 g/mol. The summed E-state index contributed by atoms with van der Waals surface area (Å²) in [5.41, 5.74) is 6.07. The number of benzene rings is 1. The highest BCUT2D eigenvalue weighted by Crippen LogP contribution is 2.26. The van der Waals surface area contributed by atoms with Gasteiger partial charge in [-0.1, -0.05) is 11.6 Å². The van der Waals surface area contributed by atoms with Crippen molar-refractivity contribution in [3.8, 4) is 5.75 Å². The van der Waals surface area contributed by atoms with E-state index in [1.165, 1.54) is 19.3 Å². The van der Waals surface area contributed by atoms with Crippen LogP contribution in [-0.4, -0.2) is 42.0 Å². The van der Waals surface area contributed by atoms with E-state index in [2.05, 4.69) is 5.16 Å². The normalized spacial score (nSPS) is 15.4. The zero-order valence-corrected chi connectivity index (χ0v) is 12.2. The number of nitrogens with zero attached hydrogens (tertiary/aromatic N) is 2. The quantitative estimate of drug-likeness (QED) is 0.359. The molecule has 2 rings (SSSR count). The SMILES string of the molecule is CN(CC1CCC1)C(=O)COc1ccc(C(N)=NO)cc1. The molecule has 114 valence electrons. The van der Waals surface area contributed by atoms with Gasteiger partial charge in [0.05, 0.1) is 0 Å². The third kappa shape index (κ3) is 4.11. The average molecular weight is 291 g/mol. The molecule has 0 bridgehead atoms. The first-order chi connectivity index (χ1) is 10.1. The number of carbonyl (C=O) groups excluding carboxylic acids is 1. The molecule has 6 nitrogen and oxygen atoms in total. The number of oxime groups is 1. The lowest BCUT2D eigenvalue weighted by atomic mass is 9.85. The summed E-state index contributed by atoms with van der Waals surface area (Å²) in [7, 11) is 1.81. The van der Waals surface area contributed by atoms with Crippen molar-refractivity contribution in [3.63, 3.8) is 0 Å². The van der Waals surface area contributed by atoms with Crippen molar-refractivity contribution < 1.29 is 14.7 Å². The summed E-state index contributed by atoms with van der Waals surface area (Å²) < 4.78 is 5.46. The predicted octanol–water partition coefficient (Wildman–Crippen LogP) is 1.42. The molecule has 0 unspecified atom stereocenters. The third-order valence-corrected chi connectivity index (χ3v) is 3.80. The molecule has 21 heavy (non-hydrogen) atoms. The van der Waals surface area contributed by atoms with E-state index < -0.39 is 0 Å². The number of ether oxygens (including phenoxy) is 1. The molecule has 1 aliphatic carbocycles. The van der Waals surface area contributed by atoms with E-state index in [0.717, 1.165) is 6.54 Å². The number of nitrogens with two attached hydrogens (primary N) is 1. The van der Waals surface area contributed by atoms with Crippen molar-refractivity contribution >= 4 is 11.7 Å². The Bertz CT molecular complexity index is 509. The van der Waals surface area contributed by atoms with Crippen LogP contribution < -0.4 is 10.5 Å². The average Bonchev–Trinajstić information content (AvgIpc) is 2.47. The largest absolute Gasteiger partial charge is 0.484 e. The molecular formula is C15H21N3O3. The monoisotopic (exact) mass is 291 g/mol. The van der Waals surface area contributed by atoms with Crippen LogP contribution >= 0.6 is 0 Å². The molecule has 1 fully saturated rings. The number of amides is 1. The minimum atomic E-state index is -0.0255. The van der Waals surface area contributed by atoms with E-state index in [9.17, 15) is 4.79 Å². The zero-order chi connectivity index (χ0) is 15.2. The van der Waals surface area contributed by atoms with Crippen LogP contribution in [0, 0.1) is 5.92 Å². The second-order valence-electron chi connectivity index (χ2n) is 5.37. The Labute approximate surface area is 124 Å². The summed E-state index contributed by atoms with van der Waals surface area (Å²) in [5, 5.41) is 11.5. The topological polar surface area (TPSA) is 88.2 Å². The number of likely N-dealkylation sites (N-methyl/N-ethyl adjacent to an activating group) is 1. The van der Waals surface area contributed by atoms with Crippen LogP contribution in [0.4, 0.5) is 0 Å². The Morgan fingerprint density at radius 2 is 2.10 bits per heavy atom. The summed E-state index contributed by atoms with van der Waals surface area (Å²) in [6.07, 6.45) is 3.71. The molecule has 3 N–H and O–H groups in total. The van der Waals surface area contributed by atoms with Gasteiger partial charge in [0.15, 0.2) is 12.4 Å². The lowest BCUT2D eigenvalue weighted by molar-refractivity contribution is -0.133. The minimum Gasteiger partial charge on any atom is -0.484 e. The highest BCUT2D eigenvalue weighted by Gasteiger charge is 2.21. The Balaban J connectivity index is 1.80. The molecule has 1 amide bonds. The fraction of sp³-hybridized carbons (Fsp3) is 0.467. The molecule has 0 aromatic heterocycles. The highest BCUT2D eigenvalue weighted by atomic mass is 16.5. The van der Waals surface area contributed by atoms with Gasteiger partial charge in [-0.05, 0) is 43.0 Å². The number of hydrogen-bond acceptors (Lipinski definition) is 4. The molecule has 0 atom stereocenters. The van der Waals surface area contributed by atoms with Crippen molar-refractivity contribution in [2.45, 2.75) is 19.3 Å². The van der Waals surface area contributed by atoms with Gasteiger partial charge in [0.25, 0.3) is 5.91 Å². The van der Waals surface area contributed by atoms with Gasteiger partial charge in [-0.3, -0.25) is 4.79 Å². The first-order valence-electron chi connectivity index (χ1n) is 7.05. The number of rotatable bonds is 6. The molecule has 0 heterocycles. The van der Waals surface area contributed by atoms with Gasteiger partial charge in [0.1, 0.15) is 5.75 Å². The molecule has 0 saturated heterocycles. The third-order valence-electron chi connectivity index (χ3n) is 3.80. The van der Waals surface area contributed by atoms with Crippen LogP contribution in [0.1, 0.15) is 24.8 Å². The molecule has 1 aromatic rings. The lowest BCUT2D eigenvalue weighted by Crippen LogP contribution is -2.37. The summed E-state index contributed by atoms with van der Waals surface area (Å²) >= 11 is 0. The Hall–Kier alpha value is -2.24. The maximum atomic E-state index is 11.9. The number of amidine groups is 1. The fourth-order valence-electron chi connectivity index (χ4n) is 2.20. The van der Waals surface area contributed by atoms with E-state index in [1.54, 1.807) is 29.2 Å². The van der Waals surface area contributed by atoms with Crippen LogP contribution in [0.2, 0.25) is 0 Å². The van der Waals surface area contributed by atoms with Gasteiger partial charge in [-0.15, -0.1) is 0 Å². The van der Waals surface area contributed by atoms with Gasteiger partial charge in [-0.25, -0.2) is 0 Å². The zero-order valence-electron chi connectivity index (χ0n) is 12.2. The van der Waals surface area contributed by atoms with E-state index in [0.29, 0.717) is 17.2 Å². The molecule has 1 aliphatic rings. The fourth-order valence-corrected chi connectivity index (χ4v) is 2.20.